The third kappa shape index (κ3) is 3.75. The minimum absolute atomic E-state index is 0.0431. The number of hydrogen-bond acceptors (Lipinski definition) is 3. The number of nitrogens with two attached hydrogens (primary N) is 1. The number of carbonyl (C=O) groups excluding carboxylic acids is 1. The van der Waals surface area contributed by atoms with Crippen molar-refractivity contribution in [3.8, 4) is 5.75 Å². The first-order valence-corrected chi connectivity index (χ1v) is 5.65. The summed E-state index contributed by atoms with van der Waals surface area (Å²) in [7, 11) is 3.42. The van der Waals surface area contributed by atoms with Crippen molar-refractivity contribution < 1.29 is 9.53 Å². The molecule has 2 N–H and O–H groups in total. The van der Waals surface area contributed by atoms with E-state index in [0.29, 0.717) is 5.75 Å². The van der Waals surface area contributed by atoms with Gasteiger partial charge in [0.2, 0.25) is 0 Å². The van der Waals surface area contributed by atoms with Crippen molar-refractivity contribution in [1.82, 2.24) is 4.90 Å². The molecule has 0 spiro atoms. The summed E-state index contributed by atoms with van der Waals surface area (Å²) in [6.45, 7) is 3.65. The molecule has 94 valence electrons. The molecule has 2 atom stereocenters. The number of rotatable bonds is 4. The highest BCUT2D eigenvalue weighted by Crippen LogP contribution is 2.18. The highest BCUT2D eigenvalue weighted by atomic mass is 16.5. The standard InChI is InChI=1S/C13H20N2O2/c1-9(14)11-6-5-7-12(8-11)17-10(2)13(16)15(3)4/h5-10H,14H2,1-4H3/t9-,10?/m1/s1. The molecule has 17 heavy (non-hydrogen) atoms. The van der Waals surface area contributed by atoms with E-state index in [-0.39, 0.29) is 11.9 Å². The molecule has 0 aliphatic heterocycles. The van der Waals surface area contributed by atoms with Crippen LogP contribution in [-0.2, 0) is 4.79 Å². The molecule has 4 nitrogen and oxygen atoms in total. The third-order valence-electron chi connectivity index (χ3n) is 2.49. The highest BCUT2D eigenvalue weighted by Gasteiger charge is 2.16. The smallest absolute Gasteiger partial charge is 0.262 e. The van der Waals surface area contributed by atoms with Gasteiger partial charge in [0.05, 0.1) is 0 Å². The largest absolute Gasteiger partial charge is 0.481 e. The van der Waals surface area contributed by atoms with Crippen LogP contribution in [0.5, 0.6) is 5.75 Å². The van der Waals surface area contributed by atoms with E-state index in [1.54, 1.807) is 21.0 Å². The summed E-state index contributed by atoms with van der Waals surface area (Å²) in [5, 5.41) is 0. The highest BCUT2D eigenvalue weighted by molar-refractivity contribution is 5.80. The minimum atomic E-state index is -0.492. The fourth-order valence-electron chi connectivity index (χ4n) is 1.49. The molecule has 0 saturated carbocycles. The number of likely N-dealkylation sites (N-methyl/N-ethyl adjacent to an activating group) is 1. The van der Waals surface area contributed by atoms with Crippen LogP contribution >= 0.6 is 0 Å². The average Bonchev–Trinajstić information content (AvgIpc) is 2.28. The monoisotopic (exact) mass is 236 g/mol. The Labute approximate surface area is 102 Å². The minimum Gasteiger partial charge on any atom is -0.481 e. The Morgan fingerprint density at radius 1 is 1.35 bits per heavy atom. The topological polar surface area (TPSA) is 55.6 Å². The molecule has 0 aliphatic carbocycles. The van der Waals surface area contributed by atoms with Crippen LogP contribution in [0.25, 0.3) is 0 Å². The predicted octanol–water partition coefficient (Wildman–Crippen LogP) is 1.56. The second-order valence-corrected chi connectivity index (χ2v) is 4.35. The number of carbonyl (C=O) groups is 1. The second kappa shape index (κ2) is 5.68. The van der Waals surface area contributed by atoms with Crippen LogP contribution in [0, 0.1) is 0 Å². The van der Waals surface area contributed by atoms with Crippen LogP contribution in [0.3, 0.4) is 0 Å². The summed E-state index contributed by atoms with van der Waals surface area (Å²) in [5.74, 6) is 0.610. The van der Waals surface area contributed by atoms with Crippen molar-refractivity contribution in [1.29, 1.82) is 0 Å². The molecular weight excluding hydrogens is 216 g/mol. The van der Waals surface area contributed by atoms with Crippen molar-refractivity contribution in [3.05, 3.63) is 29.8 Å². The summed E-state index contributed by atoms with van der Waals surface area (Å²) in [4.78, 5) is 13.2. The van der Waals surface area contributed by atoms with Crippen LogP contribution in [0.2, 0.25) is 0 Å². The number of amides is 1. The van der Waals surface area contributed by atoms with E-state index in [1.807, 2.05) is 31.2 Å². The van der Waals surface area contributed by atoms with E-state index >= 15 is 0 Å². The summed E-state index contributed by atoms with van der Waals surface area (Å²) < 4.78 is 5.58. The van der Waals surface area contributed by atoms with Gasteiger partial charge in [-0.25, -0.2) is 0 Å². The Morgan fingerprint density at radius 2 is 2.00 bits per heavy atom. The maximum atomic E-state index is 11.6. The molecule has 0 radical (unpaired) electrons. The summed E-state index contributed by atoms with van der Waals surface area (Å²) in [5.41, 5.74) is 6.78. The fraction of sp³-hybridized carbons (Fsp3) is 0.462. The Hall–Kier alpha value is -1.55. The van der Waals surface area contributed by atoms with Crippen molar-refractivity contribution in [2.24, 2.45) is 5.73 Å². The van der Waals surface area contributed by atoms with Gasteiger partial charge in [0.25, 0.3) is 5.91 Å². The molecule has 1 unspecified atom stereocenters. The molecule has 0 heterocycles. The third-order valence-corrected chi connectivity index (χ3v) is 2.49. The molecular formula is C13H20N2O2. The van der Waals surface area contributed by atoms with Crippen molar-refractivity contribution in [2.45, 2.75) is 26.0 Å². The van der Waals surface area contributed by atoms with E-state index in [4.69, 9.17) is 10.5 Å². The Morgan fingerprint density at radius 3 is 2.53 bits per heavy atom. The zero-order valence-electron chi connectivity index (χ0n) is 10.8. The van der Waals surface area contributed by atoms with Gasteiger partial charge in [-0.3, -0.25) is 4.79 Å². The van der Waals surface area contributed by atoms with E-state index in [2.05, 4.69) is 0 Å². The predicted molar refractivity (Wildman–Crippen MR) is 67.8 cm³/mol. The van der Waals surface area contributed by atoms with E-state index < -0.39 is 6.10 Å². The fourth-order valence-corrected chi connectivity index (χ4v) is 1.49. The number of ether oxygens (including phenoxy) is 1. The number of benzene rings is 1. The van der Waals surface area contributed by atoms with Crippen LogP contribution in [0.15, 0.2) is 24.3 Å². The van der Waals surface area contributed by atoms with Gasteiger partial charge in [0.15, 0.2) is 6.10 Å². The zero-order valence-corrected chi connectivity index (χ0v) is 10.8. The SMILES string of the molecule is CC(Oc1cccc([C@@H](C)N)c1)C(=O)N(C)C. The summed E-state index contributed by atoms with van der Waals surface area (Å²) in [6, 6.07) is 7.46. The van der Waals surface area contributed by atoms with Crippen LogP contribution in [0.1, 0.15) is 25.5 Å². The van der Waals surface area contributed by atoms with Gasteiger partial charge in [-0.2, -0.15) is 0 Å². The van der Waals surface area contributed by atoms with Gasteiger partial charge in [0, 0.05) is 20.1 Å². The first-order valence-electron chi connectivity index (χ1n) is 5.65. The van der Waals surface area contributed by atoms with Gasteiger partial charge in [-0.05, 0) is 31.5 Å². The molecule has 0 bridgehead atoms. The summed E-state index contributed by atoms with van der Waals surface area (Å²) >= 11 is 0. The van der Waals surface area contributed by atoms with Gasteiger partial charge in [-0.15, -0.1) is 0 Å². The van der Waals surface area contributed by atoms with Crippen molar-refractivity contribution in [3.63, 3.8) is 0 Å². The van der Waals surface area contributed by atoms with Crippen molar-refractivity contribution >= 4 is 5.91 Å². The maximum absolute atomic E-state index is 11.6. The first kappa shape index (κ1) is 13.5. The lowest BCUT2D eigenvalue weighted by Gasteiger charge is -2.19. The first-order chi connectivity index (χ1) is 7.91. The zero-order chi connectivity index (χ0) is 13.0. The van der Waals surface area contributed by atoms with Crippen LogP contribution < -0.4 is 10.5 Å². The molecule has 1 rings (SSSR count). The van der Waals surface area contributed by atoms with Crippen molar-refractivity contribution in [2.75, 3.05) is 14.1 Å². The average molecular weight is 236 g/mol. The van der Waals surface area contributed by atoms with Gasteiger partial charge in [-0.1, -0.05) is 12.1 Å². The number of hydrogen-bond donors (Lipinski definition) is 1. The normalized spacial score (nSPS) is 13.9. The molecule has 0 aliphatic rings. The molecule has 4 heteroatoms. The van der Waals surface area contributed by atoms with Crippen LogP contribution in [-0.4, -0.2) is 31.0 Å². The van der Waals surface area contributed by atoms with E-state index in [9.17, 15) is 4.79 Å². The quantitative estimate of drug-likeness (QED) is 0.863. The van der Waals surface area contributed by atoms with Gasteiger partial charge >= 0.3 is 0 Å². The van der Waals surface area contributed by atoms with Crippen LogP contribution in [0.4, 0.5) is 0 Å². The summed E-state index contributed by atoms with van der Waals surface area (Å²) in [6.07, 6.45) is -0.492. The molecule has 0 aromatic heterocycles. The Balaban J connectivity index is 2.75. The molecule has 0 fully saturated rings. The molecule has 1 aromatic carbocycles. The molecule has 0 saturated heterocycles. The number of nitrogens with zero attached hydrogens (tertiary/aromatic N) is 1. The van der Waals surface area contributed by atoms with Gasteiger partial charge < -0.3 is 15.4 Å². The Kier molecular flexibility index (Phi) is 4.52. The second-order valence-electron chi connectivity index (χ2n) is 4.35. The van der Waals surface area contributed by atoms with E-state index in [0.717, 1.165) is 5.56 Å². The lowest BCUT2D eigenvalue weighted by molar-refractivity contribution is -0.135. The lowest BCUT2D eigenvalue weighted by atomic mass is 10.1. The maximum Gasteiger partial charge on any atom is 0.262 e. The molecule has 1 aromatic rings. The lowest BCUT2D eigenvalue weighted by Crippen LogP contribution is -2.35. The van der Waals surface area contributed by atoms with Gasteiger partial charge in [0.1, 0.15) is 5.75 Å². The van der Waals surface area contributed by atoms with E-state index in [1.165, 1.54) is 4.90 Å². The molecule has 1 amide bonds. The Bertz CT molecular complexity index is 389.